The Balaban J connectivity index is 1.86. The highest BCUT2D eigenvalue weighted by atomic mass is 35.5. The quantitative estimate of drug-likeness (QED) is 0.698. The van der Waals surface area contributed by atoms with E-state index in [1.165, 1.54) is 15.8 Å². The van der Waals surface area contributed by atoms with Crippen molar-refractivity contribution >= 4 is 40.7 Å². The number of rotatable bonds is 4. The van der Waals surface area contributed by atoms with Crippen molar-refractivity contribution in [1.29, 1.82) is 0 Å². The molecular formula is C19H17Cl2N5O2. The van der Waals surface area contributed by atoms with E-state index in [4.69, 9.17) is 23.2 Å². The lowest BCUT2D eigenvalue weighted by Gasteiger charge is -2.13. The lowest BCUT2D eigenvalue weighted by atomic mass is 10.1. The molecule has 3 rings (SSSR count). The third-order valence-corrected chi connectivity index (χ3v) is 4.46. The number of hydrogen-bond acceptors (Lipinski definition) is 4. The predicted molar refractivity (Wildman–Crippen MR) is 109 cm³/mol. The molecule has 1 N–H and O–H groups in total. The standard InChI is InChI=1S/C19H17Cl2N5O2/c1-11-17(24-26(23-11)14-6-4-5-12(20)9-14)18(27)22-13-7-8-16(21)15(10-13)19(28)25(2)3/h4-10H,1-3H3,(H,22,27). The molecule has 1 heterocycles. The minimum Gasteiger partial charge on any atom is -0.345 e. The van der Waals surface area contributed by atoms with Gasteiger partial charge in [-0.05, 0) is 43.3 Å². The van der Waals surface area contributed by atoms with Gasteiger partial charge in [0.25, 0.3) is 11.8 Å². The van der Waals surface area contributed by atoms with E-state index in [2.05, 4.69) is 15.5 Å². The highest BCUT2D eigenvalue weighted by molar-refractivity contribution is 6.34. The van der Waals surface area contributed by atoms with E-state index in [-0.39, 0.29) is 11.6 Å². The van der Waals surface area contributed by atoms with Crippen LogP contribution in [0.5, 0.6) is 0 Å². The van der Waals surface area contributed by atoms with Crippen LogP contribution in [-0.4, -0.2) is 45.8 Å². The molecule has 0 saturated carbocycles. The average Bonchev–Trinajstić information content (AvgIpc) is 3.04. The van der Waals surface area contributed by atoms with Gasteiger partial charge in [0.15, 0.2) is 5.69 Å². The molecule has 0 spiro atoms. The highest BCUT2D eigenvalue weighted by Crippen LogP contribution is 2.22. The van der Waals surface area contributed by atoms with E-state index in [9.17, 15) is 9.59 Å². The lowest BCUT2D eigenvalue weighted by molar-refractivity contribution is 0.0827. The van der Waals surface area contributed by atoms with Gasteiger partial charge >= 0.3 is 0 Å². The van der Waals surface area contributed by atoms with Gasteiger partial charge in [0, 0.05) is 24.8 Å². The Kier molecular flexibility index (Phi) is 5.67. The van der Waals surface area contributed by atoms with Crippen LogP contribution >= 0.6 is 23.2 Å². The zero-order chi connectivity index (χ0) is 20.4. The Labute approximate surface area is 171 Å². The zero-order valence-corrected chi connectivity index (χ0v) is 16.9. The molecule has 0 saturated heterocycles. The van der Waals surface area contributed by atoms with Gasteiger partial charge in [-0.15, -0.1) is 5.10 Å². The zero-order valence-electron chi connectivity index (χ0n) is 15.4. The third kappa shape index (κ3) is 4.16. The molecule has 3 aromatic rings. The molecule has 0 fully saturated rings. The fourth-order valence-corrected chi connectivity index (χ4v) is 2.89. The van der Waals surface area contributed by atoms with Crippen LogP contribution in [0.3, 0.4) is 0 Å². The van der Waals surface area contributed by atoms with E-state index in [0.717, 1.165) is 0 Å². The summed E-state index contributed by atoms with van der Waals surface area (Å²) in [5.74, 6) is -0.708. The Hall–Kier alpha value is -2.90. The number of halogens is 2. The Morgan fingerprint density at radius 1 is 1.07 bits per heavy atom. The topological polar surface area (TPSA) is 80.1 Å². The molecule has 0 aliphatic heterocycles. The largest absolute Gasteiger partial charge is 0.345 e. The molecule has 28 heavy (non-hydrogen) atoms. The summed E-state index contributed by atoms with van der Waals surface area (Å²) in [7, 11) is 3.25. The second-order valence-electron chi connectivity index (χ2n) is 6.25. The number of hydrogen-bond donors (Lipinski definition) is 1. The molecule has 1 aromatic heterocycles. The lowest BCUT2D eigenvalue weighted by Crippen LogP contribution is -2.22. The van der Waals surface area contributed by atoms with Crippen molar-refractivity contribution in [1.82, 2.24) is 19.9 Å². The molecule has 144 valence electrons. The van der Waals surface area contributed by atoms with Crippen LogP contribution in [0.25, 0.3) is 5.69 Å². The normalized spacial score (nSPS) is 10.6. The van der Waals surface area contributed by atoms with E-state index in [1.807, 2.05) is 0 Å². The van der Waals surface area contributed by atoms with E-state index in [1.54, 1.807) is 57.4 Å². The van der Waals surface area contributed by atoms with Gasteiger partial charge in [0.1, 0.15) is 0 Å². The van der Waals surface area contributed by atoms with Crippen molar-refractivity contribution in [3.63, 3.8) is 0 Å². The summed E-state index contributed by atoms with van der Waals surface area (Å²) in [4.78, 5) is 27.6. The van der Waals surface area contributed by atoms with E-state index in [0.29, 0.717) is 32.7 Å². The first-order valence-electron chi connectivity index (χ1n) is 8.28. The molecule has 0 aliphatic carbocycles. The Morgan fingerprint density at radius 3 is 2.50 bits per heavy atom. The van der Waals surface area contributed by atoms with Crippen molar-refractivity contribution in [2.75, 3.05) is 19.4 Å². The summed E-state index contributed by atoms with van der Waals surface area (Å²) < 4.78 is 0. The van der Waals surface area contributed by atoms with Crippen LogP contribution in [0, 0.1) is 6.92 Å². The molecule has 0 atom stereocenters. The second kappa shape index (κ2) is 8.00. The van der Waals surface area contributed by atoms with Crippen molar-refractivity contribution in [3.05, 3.63) is 69.5 Å². The molecule has 9 heteroatoms. The number of aromatic nitrogens is 3. The van der Waals surface area contributed by atoms with Crippen LogP contribution in [-0.2, 0) is 0 Å². The van der Waals surface area contributed by atoms with Crippen LogP contribution < -0.4 is 5.32 Å². The summed E-state index contributed by atoms with van der Waals surface area (Å²) in [6.07, 6.45) is 0. The minimum absolute atomic E-state index is 0.162. The van der Waals surface area contributed by atoms with Gasteiger partial charge < -0.3 is 10.2 Å². The molecule has 7 nitrogen and oxygen atoms in total. The summed E-state index contributed by atoms with van der Waals surface area (Å²) in [6.45, 7) is 1.69. The number of carbonyl (C=O) groups is 2. The SMILES string of the molecule is Cc1nn(-c2cccc(Cl)c2)nc1C(=O)Nc1ccc(Cl)c(C(=O)N(C)C)c1. The van der Waals surface area contributed by atoms with Gasteiger partial charge in [-0.1, -0.05) is 29.3 Å². The van der Waals surface area contributed by atoms with Gasteiger partial charge in [-0.25, -0.2) is 0 Å². The highest BCUT2D eigenvalue weighted by Gasteiger charge is 2.18. The molecule has 0 unspecified atom stereocenters. The number of nitrogens with one attached hydrogen (secondary N) is 1. The van der Waals surface area contributed by atoms with Crippen molar-refractivity contribution < 1.29 is 9.59 Å². The van der Waals surface area contributed by atoms with Gasteiger partial charge in [-0.2, -0.15) is 9.90 Å². The number of carbonyl (C=O) groups excluding carboxylic acids is 2. The van der Waals surface area contributed by atoms with Crippen molar-refractivity contribution in [2.24, 2.45) is 0 Å². The number of anilines is 1. The predicted octanol–water partition coefficient (Wildman–Crippen LogP) is 3.84. The molecule has 0 aliphatic rings. The first-order valence-corrected chi connectivity index (χ1v) is 9.04. The monoisotopic (exact) mass is 417 g/mol. The van der Waals surface area contributed by atoms with Gasteiger partial charge in [-0.3, -0.25) is 9.59 Å². The number of amides is 2. The fraction of sp³-hybridized carbons (Fsp3) is 0.158. The smallest absolute Gasteiger partial charge is 0.278 e. The van der Waals surface area contributed by atoms with Crippen LogP contribution in [0.15, 0.2) is 42.5 Å². The molecule has 2 aromatic carbocycles. The number of nitrogens with zero attached hydrogens (tertiary/aromatic N) is 4. The molecule has 0 bridgehead atoms. The second-order valence-corrected chi connectivity index (χ2v) is 7.10. The summed E-state index contributed by atoms with van der Waals surface area (Å²) in [5, 5.41) is 12.1. The third-order valence-electron chi connectivity index (χ3n) is 3.90. The Bertz CT molecular complexity index is 1060. The maximum atomic E-state index is 12.7. The Morgan fingerprint density at radius 2 is 1.82 bits per heavy atom. The number of benzene rings is 2. The van der Waals surface area contributed by atoms with Gasteiger partial charge in [0.2, 0.25) is 0 Å². The minimum atomic E-state index is -0.448. The van der Waals surface area contributed by atoms with Crippen LogP contribution in [0.1, 0.15) is 26.5 Å². The summed E-state index contributed by atoms with van der Waals surface area (Å²) >= 11 is 12.1. The fourth-order valence-electron chi connectivity index (χ4n) is 2.50. The summed E-state index contributed by atoms with van der Waals surface area (Å²) in [5.41, 5.74) is 1.98. The molecule has 0 radical (unpaired) electrons. The molecular weight excluding hydrogens is 401 g/mol. The van der Waals surface area contributed by atoms with Crippen molar-refractivity contribution in [2.45, 2.75) is 6.92 Å². The van der Waals surface area contributed by atoms with Crippen LogP contribution in [0.4, 0.5) is 5.69 Å². The average molecular weight is 418 g/mol. The maximum Gasteiger partial charge on any atom is 0.278 e. The molecule has 2 amide bonds. The van der Waals surface area contributed by atoms with E-state index < -0.39 is 5.91 Å². The first-order chi connectivity index (χ1) is 13.3. The van der Waals surface area contributed by atoms with Gasteiger partial charge in [0.05, 0.1) is 22.0 Å². The first kappa shape index (κ1) is 19.9. The number of aryl methyl sites for hydroxylation is 1. The van der Waals surface area contributed by atoms with Crippen LogP contribution in [0.2, 0.25) is 10.0 Å². The maximum absolute atomic E-state index is 12.7. The summed E-state index contributed by atoms with van der Waals surface area (Å²) in [6, 6.07) is 11.7. The van der Waals surface area contributed by atoms with E-state index >= 15 is 0 Å². The van der Waals surface area contributed by atoms with Crippen molar-refractivity contribution in [3.8, 4) is 5.69 Å².